The summed E-state index contributed by atoms with van der Waals surface area (Å²) in [5.74, 6) is -0.696. The van der Waals surface area contributed by atoms with Crippen molar-refractivity contribution in [2.75, 3.05) is 23.5 Å². The number of nitrogens with two attached hydrogens (primary N) is 2. The summed E-state index contributed by atoms with van der Waals surface area (Å²) in [5.41, 5.74) is 12.8. The molecule has 2 aromatic carbocycles. The second kappa shape index (κ2) is 9.11. The van der Waals surface area contributed by atoms with Gasteiger partial charge in [0.2, 0.25) is 0 Å². The zero-order chi connectivity index (χ0) is 20.9. The molecule has 0 aliphatic rings. The number of halogens is 4. The molecule has 2 aromatic rings. The maximum atomic E-state index is 13.0. The van der Waals surface area contributed by atoms with Gasteiger partial charge in [0.05, 0.1) is 24.3 Å². The minimum Gasteiger partial charge on any atom is -0.466 e. The fourth-order valence-electron chi connectivity index (χ4n) is 2.54. The number of benzene rings is 2. The van der Waals surface area contributed by atoms with Crippen molar-refractivity contribution in [1.29, 1.82) is 0 Å². The quantitative estimate of drug-likeness (QED) is 0.261. The lowest BCUT2D eigenvalue weighted by Gasteiger charge is -2.20. The molecule has 0 amide bonds. The molecule has 0 bridgehead atoms. The van der Waals surface area contributed by atoms with Crippen molar-refractivity contribution in [3.63, 3.8) is 0 Å². The first-order valence-electron chi connectivity index (χ1n) is 8.10. The lowest BCUT2D eigenvalue weighted by atomic mass is 9.97. The fourth-order valence-corrected chi connectivity index (χ4v) is 2.98. The van der Waals surface area contributed by atoms with Crippen LogP contribution in [0, 0.1) is 0 Å². The van der Waals surface area contributed by atoms with Gasteiger partial charge in [-0.05, 0) is 35.9 Å². The second-order valence-electron chi connectivity index (χ2n) is 5.87. The van der Waals surface area contributed by atoms with Gasteiger partial charge >= 0.3 is 12.1 Å². The number of anilines is 2. The first-order chi connectivity index (χ1) is 13.2. The number of rotatable bonds is 6. The number of nitrogen functional groups attached to an aromatic ring is 1. The predicted molar refractivity (Wildman–Crippen MR) is 106 cm³/mol. The summed E-state index contributed by atoms with van der Waals surface area (Å²) in [5, 5.41) is 2.98. The Hall–Kier alpha value is -2.52. The summed E-state index contributed by atoms with van der Waals surface area (Å²) in [6, 6.07) is 10.4. The van der Waals surface area contributed by atoms with E-state index in [4.69, 9.17) is 16.2 Å². The number of hydrogen-bond donors (Lipinski definition) is 3. The average Bonchev–Trinajstić information content (AvgIpc) is 2.67. The number of ether oxygens (including phenoxy) is 1. The largest absolute Gasteiger partial charge is 0.466 e. The SMILES string of the molecule is COC(=O)/C(=C(\CBr)Nc1cccc(C(F)(F)F)c1)[C@H](N)c1ccc(N)cc1. The van der Waals surface area contributed by atoms with E-state index in [0.29, 0.717) is 11.3 Å². The van der Waals surface area contributed by atoms with E-state index in [2.05, 4.69) is 21.2 Å². The summed E-state index contributed by atoms with van der Waals surface area (Å²) in [7, 11) is 1.20. The minimum atomic E-state index is -4.48. The van der Waals surface area contributed by atoms with Gasteiger partial charge in [0.15, 0.2) is 0 Å². The third kappa shape index (κ3) is 5.26. The highest BCUT2D eigenvalue weighted by molar-refractivity contribution is 9.09. The predicted octanol–water partition coefficient (Wildman–Crippen LogP) is 4.22. The van der Waals surface area contributed by atoms with E-state index >= 15 is 0 Å². The Balaban J connectivity index is 2.47. The van der Waals surface area contributed by atoms with E-state index in [1.54, 1.807) is 24.3 Å². The molecule has 0 unspecified atom stereocenters. The zero-order valence-corrected chi connectivity index (χ0v) is 16.5. The van der Waals surface area contributed by atoms with Crippen LogP contribution in [0.2, 0.25) is 0 Å². The lowest BCUT2D eigenvalue weighted by molar-refractivity contribution is -0.138. The number of alkyl halides is 4. The highest BCUT2D eigenvalue weighted by atomic mass is 79.9. The van der Waals surface area contributed by atoms with Crippen LogP contribution in [-0.2, 0) is 15.7 Å². The molecule has 2 rings (SSSR count). The van der Waals surface area contributed by atoms with Crippen LogP contribution in [0.3, 0.4) is 0 Å². The minimum absolute atomic E-state index is 0.0848. The van der Waals surface area contributed by atoms with Crippen LogP contribution < -0.4 is 16.8 Å². The smallest absolute Gasteiger partial charge is 0.416 e. The standard InChI is InChI=1S/C19H19BrF3N3O2/c1-28-18(27)16(17(25)11-5-7-13(24)8-6-11)15(10-20)26-14-4-2-3-12(9-14)19(21,22)23/h2-9,17,26H,10,24-25H2,1H3/b16-15+/t17-/m1/s1. The molecule has 1 atom stereocenters. The zero-order valence-electron chi connectivity index (χ0n) is 14.9. The Labute approximate surface area is 168 Å². The van der Waals surface area contributed by atoms with E-state index in [1.165, 1.54) is 19.2 Å². The summed E-state index contributed by atoms with van der Waals surface area (Å²) in [6.07, 6.45) is -4.48. The van der Waals surface area contributed by atoms with Crippen LogP contribution in [0.1, 0.15) is 17.2 Å². The van der Waals surface area contributed by atoms with Crippen molar-refractivity contribution in [2.24, 2.45) is 5.73 Å². The molecule has 150 valence electrons. The first kappa shape index (κ1) is 21.8. The van der Waals surface area contributed by atoms with E-state index in [9.17, 15) is 18.0 Å². The van der Waals surface area contributed by atoms with Gasteiger partial charge in [-0.15, -0.1) is 0 Å². The lowest BCUT2D eigenvalue weighted by Crippen LogP contribution is -2.25. The molecule has 28 heavy (non-hydrogen) atoms. The van der Waals surface area contributed by atoms with Crippen molar-refractivity contribution in [3.05, 3.63) is 70.9 Å². The maximum absolute atomic E-state index is 13.0. The van der Waals surface area contributed by atoms with Gasteiger partial charge in [-0.2, -0.15) is 13.2 Å². The van der Waals surface area contributed by atoms with E-state index in [-0.39, 0.29) is 22.3 Å². The molecular formula is C19H19BrF3N3O2. The van der Waals surface area contributed by atoms with Crippen molar-refractivity contribution < 1.29 is 22.7 Å². The number of hydrogen-bond acceptors (Lipinski definition) is 5. The third-order valence-electron chi connectivity index (χ3n) is 3.96. The van der Waals surface area contributed by atoms with Gasteiger partial charge in [0.1, 0.15) is 0 Å². The first-order valence-corrected chi connectivity index (χ1v) is 9.22. The number of esters is 1. The molecule has 5 nitrogen and oxygen atoms in total. The highest BCUT2D eigenvalue weighted by Gasteiger charge is 2.31. The van der Waals surface area contributed by atoms with Crippen LogP contribution in [0.25, 0.3) is 0 Å². The molecule has 0 heterocycles. The Morgan fingerprint density at radius 3 is 2.39 bits per heavy atom. The van der Waals surface area contributed by atoms with Gasteiger partial charge < -0.3 is 21.5 Å². The molecule has 0 aromatic heterocycles. The summed E-state index contributed by atoms with van der Waals surface area (Å²) in [6.45, 7) is 0. The molecule has 0 saturated carbocycles. The van der Waals surface area contributed by atoms with Gasteiger partial charge in [-0.1, -0.05) is 34.1 Å². The molecular weight excluding hydrogens is 439 g/mol. The monoisotopic (exact) mass is 457 g/mol. The van der Waals surface area contributed by atoms with Crippen molar-refractivity contribution in [3.8, 4) is 0 Å². The van der Waals surface area contributed by atoms with Gasteiger partial charge in [0, 0.05) is 22.4 Å². The normalized spacial score (nSPS) is 13.5. The van der Waals surface area contributed by atoms with Gasteiger partial charge in [-0.25, -0.2) is 4.79 Å². The Morgan fingerprint density at radius 2 is 1.86 bits per heavy atom. The van der Waals surface area contributed by atoms with Crippen LogP contribution in [0.15, 0.2) is 59.8 Å². The van der Waals surface area contributed by atoms with Crippen LogP contribution >= 0.6 is 15.9 Å². The fraction of sp³-hybridized carbons (Fsp3) is 0.211. The third-order valence-corrected chi connectivity index (χ3v) is 4.52. The average molecular weight is 458 g/mol. The van der Waals surface area contributed by atoms with Crippen LogP contribution in [0.4, 0.5) is 24.5 Å². The number of carbonyl (C=O) groups is 1. The Morgan fingerprint density at radius 1 is 1.21 bits per heavy atom. The number of carbonyl (C=O) groups excluding carboxylic acids is 1. The molecule has 0 aliphatic heterocycles. The molecule has 0 spiro atoms. The molecule has 0 fully saturated rings. The summed E-state index contributed by atoms with van der Waals surface area (Å²) in [4.78, 5) is 12.4. The van der Waals surface area contributed by atoms with Gasteiger partial charge in [-0.3, -0.25) is 0 Å². The molecule has 0 radical (unpaired) electrons. The van der Waals surface area contributed by atoms with E-state index < -0.39 is 23.8 Å². The second-order valence-corrected chi connectivity index (χ2v) is 6.43. The Bertz CT molecular complexity index is 867. The topological polar surface area (TPSA) is 90.4 Å². The van der Waals surface area contributed by atoms with E-state index in [1.807, 2.05) is 0 Å². The molecule has 5 N–H and O–H groups in total. The number of methoxy groups -OCH3 is 1. The van der Waals surface area contributed by atoms with Crippen molar-refractivity contribution in [2.45, 2.75) is 12.2 Å². The van der Waals surface area contributed by atoms with Crippen LogP contribution in [0.5, 0.6) is 0 Å². The van der Waals surface area contributed by atoms with Crippen LogP contribution in [-0.4, -0.2) is 18.4 Å². The number of allylic oxidation sites excluding steroid dienone is 1. The Kier molecular flexibility index (Phi) is 7.09. The van der Waals surface area contributed by atoms with E-state index in [0.717, 1.165) is 12.1 Å². The molecule has 9 heteroatoms. The molecule has 0 saturated heterocycles. The van der Waals surface area contributed by atoms with Crippen molar-refractivity contribution in [1.82, 2.24) is 0 Å². The maximum Gasteiger partial charge on any atom is 0.416 e. The van der Waals surface area contributed by atoms with Crippen molar-refractivity contribution >= 4 is 33.3 Å². The summed E-state index contributed by atoms with van der Waals surface area (Å²) < 4.78 is 43.7. The summed E-state index contributed by atoms with van der Waals surface area (Å²) >= 11 is 3.26. The van der Waals surface area contributed by atoms with Gasteiger partial charge in [0.25, 0.3) is 0 Å². The highest BCUT2D eigenvalue weighted by Crippen LogP contribution is 2.32. The number of nitrogens with one attached hydrogen (secondary N) is 1. The molecule has 0 aliphatic carbocycles.